The minimum Gasteiger partial charge on any atom is -0.493 e. The van der Waals surface area contributed by atoms with E-state index in [9.17, 15) is 0 Å². The molecule has 1 aromatic carbocycles. The van der Waals surface area contributed by atoms with Crippen molar-refractivity contribution in [3.05, 3.63) is 29.3 Å². The molecular weight excluding hydrogens is 286 g/mol. The van der Waals surface area contributed by atoms with Crippen molar-refractivity contribution in [3.63, 3.8) is 0 Å². The molecule has 2 atom stereocenters. The molecule has 0 radical (unpaired) electrons. The van der Waals surface area contributed by atoms with Crippen LogP contribution in [0, 0.1) is 6.92 Å². The molecule has 0 amide bonds. The molecule has 1 aliphatic heterocycles. The van der Waals surface area contributed by atoms with Crippen LogP contribution in [0.25, 0.3) is 0 Å². The molecule has 3 nitrogen and oxygen atoms in total. The minimum absolute atomic E-state index is 0.357. The largest absolute Gasteiger partial charge is 0.493 e. The average molecular weight is 319 g/mol. The molecule has 1 aliphatic rings. The Bertz CT molecular complexity index is 477. The first-order chi connectivity index (χ1) is 11.0. The zero-order chi connectivity index (χ0) is 16.8. The molecule has 0 N–H and O–H groups in total. The Morgan fingerprint density at radius 1 is 1.17 bits per heavy atom. The van der Waals surface area contributed by atoms with Gasteiger partial charge in [0, 0.05) is 13.1 Å². The second kappa shape index (κ2) is 8.70. The summed E-state index contributed by atoms with van der Waals surface area (Å²) in [4.78, 5) is 2.52. The van der Waals surface area contributed by atoms with Crippen LogP contribution >= 0.6 is 0 Å². The first kappa shape index (κ1) is 18.3. The molecule has 23 heavy (non-hydrogen) atoms. The molecule has 0 bridgehead atoms. The third-order valence-corrected chi connectivity index (χ3v) is 4.41. The highest BCUT2D eigenvalue weighted by molar-refractivity contribution is 5.39. The lowest BCUT2D eigenvalue weighted by atomic mass is 10.0. The van der Waals surface area contributed by atoms with Gasteiger partial charge in [-0.15, -0.1) is 0 Å². The van der Waals surface area contributed by atoms with Crippen LogP contribution in [-0.4, -0.2) is 43.3 Å². The summed E-state index contributed by atoms with van der Waals surface area (Å²) in [5.41, 5.74) is 2.58. The van der Waals surface area contributed by atoms with Gasteiger partial charge in [0.1, 0.15) is 5.75 Å². The van der Waals surface area contributed by atoms with E-state index < -0.39 is 0 Å². The standard InChI is InChI=1S/C20H33NO2/c1-15(2)19-9-8-16(3)12-20(19)22-11-7-6-10-21-13-17(4)23-18(5)14-21/h8-9,12,15,17-18H,6-7,10-11,13-14H2,1-5H3. The van der Waals surface area contributed by atoms with Crippen LogP contribution < -0.4 is 4.74 Å². The number of rotatable bonds is 7. The quantitative estimate of drug-likeness (QED) is 0.696. The highest BCUT2D eigenvalue weighted by atomic mass is 16.5. The summed E-state index contributed by atoms with van der Waals surface area (Å²) >= 11 is 0. The van der Waals surface area contributed by atoms with Gasteiger partial charge >= 0.3 is 0 Å². The van der Waals surface area contributed by atoms with Gasteiger partial charge in [0.15, 0.2) is 0 Å². The van der Waals surface area contributed by atoms with Crippen LogP contribution in [0.3, 0.4) is 0 Å². The highest BCUT2D eigenvalue weighted by Crippen LogP contribution is 2.27. The molecule has 0 aromatic heterocycles. The van der Waals surface area contributed by atoms with E-state index in [2.05, 4.69) is 57.7 Å². The Hall–Kier alpha value is -1.06. The lowest BCUT2D eigenvalue weighted by Crippen LogP contribution is -2.45. The highest BCUT2D eigenvalue weighted by Gasteiger charge is 2.21. The number of unbranched alkanes of at least 4 members (excludes halogenated alkanes) is 1. The molecule has 2 rings (SSSR count). The van der Waals surface area contributed by atoms with Crippen molar-refractivity contribution in [2.45, 2.75) is 65.6 Å². The van der Waals surface area contributed by atoms with Gasteiger partial charge in [-0.2, -0.15) is 0 Å². The van der Waals surface area contributed by atoms with Crippen LogP contribution in [0.5, 0.6) is 5.75 Å². The summed E-state index contributed by atoms with van der Waals surface area (Å²) in [5.74, 6) is 1.57. The molecule has 3 heteroatoms. The van der Waals surface area contributed by atoms with E-state index in [0.29, 0.717) is 18.1 Å². The van der Waals surface area contributed by atoms with Gasteiger partial charge in [0.2, 0.25) is 0 Å². The van der Waals surface area contributed by atoms with Gasteiger partial charge in [-0.05, 0) is 63.3 Å². The zero-order valence-electron chi connectivity index (χ0n) is 15.5. The number of aryl methyl sites for hydroxylation is 1. The zero-order valence-corrected chi connectivity index (χ0v) is 15.5. The maximum absolute atomic E-state index is 6.07. The fraction of sp³-hybridized carbons (Fsp3) is 0.700. The predicted octanol–water partition coefficient (Wildman–Crippen LogP) is 4.39. The van der Waals surface area contributed by atoms with Gasteiger partial charge in [0.05, 0.1) is 18.8 Å². The molecular formula is C20H33NO2. The molecule has 1 fully saturated rings. The van der Waals surface area contributed by atoms with E-state index in [-0.39, 0.29) is 0 Å². The monoisotopic (exact) mass is 319 g/mol. The van der Waals surface area contributed by atoms with Crippen LogP contribution in [0.4, 0.5) is 0 Å². The summed E-state index contributed by atoms with van der Waals surface area (Å²) in [5, 5.41) is 0. The van der Waals surface area contributed by atoms with Crippen molar-refractivity contribution in [1.29, 1.82) is 0 Å². The first-order valence-electron chi connectivity index (χ1n) is 9.07. The van der Waals surface area contributed by atoms with Crippen molar-refractivity contribution in [1.82, 2.24) is 4.90 Å². The number of hydrogen-bond acceptors (Lipinski definition) is 3. The van der Waals surface area contributed by atoms with E-state index in [1.165, 1.54) is 17.5 Å². The van der Waals surface area contributed by atoms with Crippen LogP contribution in [0.1, 0.15) is 57.6 Å². The maximum atomic E-state index is 6.07. The van der Waals surface area contributed by atoms with Crippen molar-refractivity contribution in [3.8, 4) is 5.75 Å². The Balaban J connectivity index is 1.72. The molecule has 0 spiro atoms. The van der Waals surface area contributed by atoms with E-state index >= 15 is 0 Å². The molecule has 2 unspecified atom stereocenters. The SMILES string of the molecule is Cc1ccc(C(C)C)c(OCCCCN2CC(C)OC(C)C2)c1. The number of ether oxygens (including phenoxy) is 2. The van der Waals surface area contributed by atoms with E-state index in [0.717, 1.165) is 38.4 Å². The first-order valence-corrected chi connectivity index (χ1v) is 9.07. The fourth-order valence-electron chi connectivity index (χ4n) is 3.33. The van der Waals surface area contributed by atoms with E-state index in [4.69, 9.17) is 9.47 Å². The topological polar surface area (TPSA) is 21.7 Å². The van der Waals surface area contributed by atoms with Crippen molar-refractivity contribution in [2.75, 3.05) is 26.2 Å². The summed E-state index contributed by atoms with van der Waals surface area (Å²) < 4.78 is 11.8. The third kappa shape index (κ3) is 5.82. The summed E-state index contributed by atoms with van der Waals surface area (Å²) in [7, 11) is 0. The van der Waals surface area contributed by atoms with Crippen LogP contribution in [-0.2, 0) is 4.74 Å². The Labute approximate surface area is 142 Å². The van der Waals surface area contributed by atoms with Gasteiger partial charge in [0.25, 0.3) is 0 Å². The lowest BCUT2D eigenvalue weighted by Gasteiger charge is -2.35. The molecule has 0 aliphatic carbocycles. The maximum Gasteiger partial charge on any atom is 0.122 e. The fourth-order valence-corrected chi connectivity index (χ4v) is 3.33. The number of morpholine rings is 1. The molecule has 1 aromatic rings. The van der Waals surface area contributed by atoms with E-state index in [1.54, 1.807) is 0 Å². The Kier molecular flexibility index (Phi) is 6.91. The predicted molar refractivity (Wildman–Crippen MR) is 96.4 cm³/mol. The Morgan fingerprint density at radius 2 is 1.87 bits per heavy atom. The van der Waals surface area contributed by atoms with Crippen molar-refractivity contribution >= 4 is 0 Å². The number of benzene rings is 1. The van der Waals surface area contributed by atoms with Gasteiger partial charge in [-0.25, -0.2) is 0 Å². The second-order valence-electron chi connectivity index (χ2n) is 7.27. The minimum atomic E-state index is 0.357. The Morgan fingerprint density at radius 3 is 2.52 bits per heavy atom. The molecule has 130 valence electrons. The summed E-state index contributed by atoms with van der Waals surface area (Å²) in [6, 6.07) is 6.54. The van der Waals surface area contributed by atoms with Crippen LogP contribution in [0.15, 0.2) is 18.2 Å². The molecule has 1 saturated heterocycles. The van der Waals surface area contributed by atoms with Gasteiger partial charge in [-0.3, -0.25) is 4.90 Å². The summed E-state index contributed by atoms with van der Waals surface area (Å²) in [6.07, 6.45) is 3.00. The normalized spacial score (nSPS) is 22.5. The second-order valence-corrected chi connectivity index (χ2v) is 7.27. The van der Waals surface area contributed by atoms with Crippen LogP contribution in [0.2, 0.25) is 0 Å². The summed E-state index contributed by atoms with van der Waals surface area (Å²) in [6.45, 7) is 15.0. The average Bonchev–Trinajstić information content (AvgIpc) is 2.45. The molecule has 1 heterocycles. The van der Waals surface area contributed by atoms with Crippen molar-refractivity contribution in [2.24, 2.45) is 0 Å². The lowest BCUT2D eigenvalue weighted by molar-refractivity contribution is -0.0682. The van der Waals surface area contributed by atoms with Gasteiger partial charge < -0.3 is 9.47 Å². The van der Waals surface area contributed by atoms with E-state index in [1.807, 2.05) is 0 Å². The van der Waals surface area contributed by atoms with Crippen molar-refractivity contribution < 1.29 is 9.47 Å². The molecule has 0 saturated carbocycles. The number of nitrogens with zero attached hydrogens (tertiary/aromatic N) is 1. The third-order valence-electron chi connectivity index (χ3n) is 4.41. The smallest absolute Gasteiger partial charge is 0.122 e. The number of hydrogen-bond donors (Lipinski definition) is 0. The van der Waals surface area contributed by atoms with Gasteiger partial charge in [-0.1, -0.05) is 26.0 Å².